The van der Waals surface area contributed by atoms with E-state index in [4.69, 9.17) is 0 Å². The minimum Gasteiger partial charge on any atom is -0.354 e. The van der Waals surface area contributed by atoms with Gasteiger partial charge in [-0.25, -0.2) is 9.78 Å². The zero-order chi connectivity index (χ0) is 15.1. The molecule has 0 bridgehead atoms. The lowest BCUT2D eigenvalue weighted by molar-refractivity contribution is -0.122. The van der Waals surface area contributed by atoms with Crippen molar-refractivity contribution in [1.29, 1.82) is 0 Å². The van der Waals surface area contributed by atoms with Crippen molar-refractivity contribution in [3.05, 3.63) is 16.1 Å². The van der Waals surface area contributed by atoms with Gasteiger partial charge in [0, 0.05) is 19.0 Å². The van der Waals surface area contributed by atoms with Crippen LogP contribution < -0.4 is 10.6 Å². The molecule has 6 nitrogen and oxygen atoms in total. The van der Waals surface area contributed by atoms with Crippen LogP contribution in [0.1, 0.15) is 31.0 Å². The highest BCUT2D eigenvalue weighted by Crippen LogP contribution is 2.09. The second-order valence-electron chi connectivity index (χ2n) is 4.68. The summed E-state index contributed by atoms with van der Waals surface area (Å²) in [7, 11) is 1.68. The lowest BCUT2D eigenvalue weighted by Gasteiger charge is -2.20. The first-order valence-corrected chi connectivity index (χ1v) is 7.52. The van der Waals surface area contributed by atoms with Crippen LogP contribution in [0.3, 0.4) is 0 Å². The Balaban J connectivity index is 2.42. The van der Waals surface area contributed by atoms with Gasteiger partial charge in [-0.05, 0) is 20.3 Å². The van der Waals surface area contributed by atoms with Crippen molar-refractivity contribution < 1.29 is 9.59 Å². The molecule has 0 fully saturated rings. The molecule has 2 N–H and O–H groups in total. The quantitative estimate of drug-likeness (QED) is 0.836. The minimum atomic E-state index is -0.548. The van der Waals surface area contributed by atoms with Gasteiger partial charge in [-0.3, -0.25) is 4.79 Å². The molecular formula is C13H22N4O2S. The fraction of sp³-hybridized carbons (Fsp3) is 0.615. The van der Waals surface area contributed by atoms with Crippen LogP contribution in [-0.4, -0.2) is 41.5 Å². The van der Waals surface area contributed by atoms with E-state index < -0.39 is 6.04 Å². The van der Waals surface area contributed by atoms with E-state index in [-0.39, 0.29) is 11.9 Å². The fourth-order valence-corrected chi connectivity index (χ4v) is 2.16. The third-order valence-electron chi connectivity index (χ3n) is 2.69. The van der Waals surface area contributed by atoms with E-state index in [1.165, 1.54) is 4.90 Å². The van der Waals surface area contributed by atoms with Crippen LogP contribution in [0.15, 0.2) is 5.38 Å². The van der Waals surface area contributed by atoms with Gasteiger partial charge in [0.25, 0.3) is 0 Å². The smallest absolute Gasteiger partial charge is 0.318 e. The second-order valence-corrected chi connectivity index (χ2v) is 5.74. The number of nitrogens with zero attached hydrogens (tertiary/aromatic N) is 2. The largest absolute Gasteiger partial charge is 0.354 e. The normalized spacial score (nSPS) is 11.8. The summed E-state index contributed by atoms with van der Waals surface area (Å²) in [5.74, 6) is -0.168. The Hall–Kier alpha value is -1.63. The van der Waals surface area contributed by atoms with Crippen LogP contribution in [0.25, 0.3) is 0 Å². The predicted molar refractivity (Wildman–Crippen MR) is 79.6 cm³/mol. The summed E-state index contributed by atoms with van der Waals surface area (Å²) in [5.41, 5.74) is 0.855. The molecule has 0 unspecified atom stereocenters. The maximum Gasteiger partial charge on any atom is 0.318 e. The predicted octanol–water partition coefficient (Wildman–Crippen LogP) is 1.51. The van der Waals surface area contributed by atoms with Gasteiger partial charge in [-0.1, -0.05) is 6.92 Å². The number of hydrogen-bond acceptors (Lipinski definition) is 4. The molecule has 0 radical (unpaired) electrons. The van der Waals surface area contributed by atoms with Gasteiger partial charge in [0.1, 0.15) is 6.04 Å². The van der Waals surface area contributed by atoms with Crippen molar-refractivity contribution in [3.8, 4) is 0 Å². The van der Waals surface area contributed by atoms with Crippen molar-refractivity contribution in [2.24, 2.45) is 0 Å². The minimum absolute atomic E-state index is 0.168. The lowest BCUT2D eigenvalue weighted by atomic mass is 10.3. The van der Waals surface area contributed by atoms with Crippen LogP contribution in [0.2, 0.25) is 0 Å². The van der Waals surface area contributed by atoms with E-state index in [0.29, 0.717) is 13.1 Å². The van der Waals surface area contributed by atoms with Crippen molar-refractivity contribution in [1.82, 2.24) is 20.5 Å². The molecule has 112 valence electrons. The van der Waals surface area contributed by atoms with E-state index in [9.17, 15) is 9.59 Å². The fourth-order valence-electron chi connectivity index (χ4n) is 1.56. The average Bonchev–Trinajstić information content (AvgIpc) is 2.80. The Morgan fingerprint density at radius 3 is 2.75 bits per heavy atom. The zero-order valence-electron chi connectivity index (χ0n) is 12.4. The molecule has 0 spiro atoms. The van der Waals surface area contributed by atoms with E-state index in [1.54, 1.807) is 25.3 Å². The van der Waals surface area contributed by atoms with E-state index in [2.05, 4.69) is 15.6 Å². The van der Waals surface area contributed by atoms with E-state index >= 15 is 0 Å². The van der Waals surface area contributed by atoms with Gasteiger partial charge < -0.3 is 15.5 Å². The number of rotatable bonds is 6. The van der Waals surface area contributed by atoms with Gasteiger partial charge in [-0.2, -0.15) is 0 Å². The molecule has 0 aromatic carbocycles. The zero-order valence-corrected chi connectivity index (χ0v) is 13.2. The number of carbonyl (C=O) groups is 2. The van der Waals surface area contributed by atoms with Crippen LogP contribution in [0, 0.1) is 6.92 Å². The third-order valence-corrected chi connectivity index (χ3v) is 3.52. The standard InChI is InChI=1S/C13H22N4O2S/c1-5-6-14-12(18)9(2)15-13(19)17(4)7-11-8-20-10(3)16-11/h8-9H,5-7H2,1-4H3,(H,14,18)(H,15,19)/t9-/m0/s1. The third kappa shape index (κ3) is 5.16. The molecule has 1 rings (SSSR count). The number of aromatic nitrogens is 1. The Morgan fingerprint density at radius 2 is 2.20 bits per heavy atom. The Kier molecular flexibility index (Phi) is 6.44. The molecule has 1 aromatic rings. The molecule has 1 atom stereocenters. The highest BCUT2D eigenvalue weighted by molar-refractivity contribution is 7.09. The molecular weight excluding hydrogens is 276 g/mol. The first-order valence-electron chi connectivity index (χ1n) is 6.64. The van der Waals surface area contributed by atoms with Gasteiger partial charge in [0.15, 0.2) is 0 Å². The molecule has 3 amide bonds. The summed E-state index contributed by atoms with van der Waals surface area (Å²) < 4.78 is 0. The summed E-state index contributed by atoms with van der Waals surface area (Å²) in [4.78, 5) is 29.4. The molecule has 0 aliphatic rings. The molecule has 1 aromatic heterocycles. The van der Waals surface area contributed by atoms with Crippen LogP contribution in [0.5, 0.6) is 0 Å². The number of amides is 3. The summed E-state index contributed by atoms with van der Waals surface area (Å²) >= 11 is 1.55. The summed E-state index contributed by atoms with van der Waals surface area (Å²) in [6, 6.07) is -0.830. The van der Waals surface area contributed by atoms with Gasteiger partial charge in [0.05, 0.1) is 17.2 Å². The Bertz CT molecular complexity index is 461. The number of hydrogen-bond donors (Lipinski definition) is 2. The van der Waals surface area contributed by atoms with Crippen LogP contribution in [0.4, 0.5) is 4.79 Å². The number of nitrogens with one attached hydrogen (secondary N) is 2. The van der Waals surface area contributed by atoms with E-state index in [0.717, 1.165) is 17.1 Å². The molecule has 0 saturated heterocycles. The molecule has 1 heterocycles. The van der Waals surface area contributed by atoms with E-state index in [1.807, 2.05) is 19.2 Å². The van der Waals surface area contributed by atoms with Crippen molar-refractivity contribution in [2.45, 2.75) is 39.8 Å². The summed E-state index contributed by atoms with van der Waals surface area (Å²) in [5, 5.41) is 8.31. The molecule has 0 aliphatic carbocycles. The lowest BCUT2D eigenvalue weighted by Crippen LogP contribution is -2.48. The SMILES string of the molecule is CCCNC(=O)[C@H](C)NC(=O)N(C)Cc1csc(C)n1. The first-order chi connectivity index (χ1) is 9.43. The topological polar surface area (TPSA) is 74.3 Å². The van der Waals surface area contributed by atoms with Gasteiger partial charge in [0.2, 0.25) is 5.91 Å². The molecule has 7 heteroatoms. The Labute approximate surface area is 123 Å². The molecule has 20 heavy (non-hydrogen) atoms. The van der Waals surface area contributed by atoms with Crippen molar-refractivity contribution in [3.63, 3.8) is 0 Å². The number of carbonyl (C=O) groups excluding carboxylic acids is 2. The van der Waals surface area contributed by atoms with Crippen molar-refractivity contribution in [2.75, 3.05) is 13.6 Å². The number of urea groups is 1. The van der Waals surface area contributed by atoms with Gasteiger partial charge in [-0.15, -0.1) is 11.3 Å². The van der Waals surface area contributed by atoms with Crippen LogP contribution in [-0.2, 0) is 11.3 Å². The monoisotopic (exact) mass is 298 g/mol. The first kappa shape index (κ1) is 16.4. The maximum absolute atomic E-state index is 12.0. The van der Waals surface area contributed by atoms with Gasteiger partial charge >= 0.3 is 6.03 Å². The second kappa shape index (κ2) is 7.84. The number of thiazole rings is 1. The molecule has 0 saturated carbocycles. The maximum atomic E-state index is 12.0. The highest BCUT2D eigenvalue weighted by Gasteiger charge is 2.17. The number of aryl methyl sites for hydroxylation is 1. The molecule has 0 aliphatic heterocycles. The highest BCUT2D eigenvalue weighted by atomic mass is 32.1. The summed E-state index contributed by atoms with van der Waals surface area (Å²) in [6.07, 6.45) is 0.871. The summed E-state index contributed by atoms with van der Waals surface area (Å²) in [6.45, 7) is 6.62. The van der Waals surface area contributed by atoms with Crippen LogP contribution >= 0.6 is 11.3 Å². The average molecular weight is 298 g/mol. The van der Waals surface area contributed by atoms with Crippen molar-refractivity contribution >= 4 is 23.3 Å². The Morgan fingerprint density at radius 1 is 1.50 bits per heavy atom.